The van der Waals surface area contributed by atoms with E-state index in [9.17, 15) is 14.7 Å². The normalized spacial score (nSPS) is 20.5. The molecule has 1 heterocycles. The summed E-state index contributed by atoms with van der Waals surface area (Å²) < 4.78 is 9.86. The summed E-state index contributed by atoms with van der Waals surface area (Å²) in [6.45, 7) is 2.65. The molecule has 0 aromatic rings. The standard InChI is InChI=1S/C12H21NO5/c1-9(14)8-13(6-5-11(15)17-2)12(16)10-4-3-7-18-10/h9-10,14H,3-8H2,1-2H3. The molecule has 1 amide bonds. The number of aliphatic hydroxyl groups is 1. The van der Waals surface area contributed by atoms with Crippen molar-refractivity contribution in [1.82, 2.24) is 4.90 Å². The van der Waals surface area contributed by atoms with Gasteiger partial charge in [0.1, 0.15) is 6.10 Å². The fraction of sp³-hybridized carbons (Fsp3) is 0.833. The Kier molecular flexibility index (Phi) is 6.07. The number of methoxy groups -OCH3 is 1. The van der Waals surface area contributed by atoms with Crippen LogP contribution >= 0.6 is 0 Å². The third-order valence-corrected chi connectivity index (χ3v) is 2.81. The molecule has 1 saturated heterocycles. The zero-order valence-electron chi connectivity index (χ0n) is 10.9. The summed E-state index contributed by atoms with van der Waals surface area (Å²) in [5.41, 5.74) is 0. The van der Waals surface area contributed by atoms with Crippen molar-refractivity contribution in [3.05, 3.63) is 0 Å². The average molecular weight is 259 g/mol. The summed E-state index contributed by atoms with van der Waals surface area (Å²) in [7, 11) is 1.31. The zero-order valence-corrected chi connectivity index (χ0v) is 10.9. The number of nitrogens with zero attached hydrogens (tertiary/aromatic N) is 1. The molecule has 6 heteroatoms. The molecule has 1 aliphatic heterocycles. The average Bonchev–Trinajstić information content (AvgIpc) is 2.86. The molecule has 0 bridgehead atoms. The van der Waals surface area contributed by atoms with Gasteiger partial charge < -0.3 is 19.5 Å². The quantitative estimate of drug-likeness (QED) is 0.676. The van der Waals surface area contributed by atoms with Gasteiger partial charge in [-0.3, -0.25) is 9.59 Å². The zero-order chi connectivity index (χ0) is 13.5. The number of amides is 1. The van der Waals surface area contributed by atoms with Crippen molar-refractivity contribution in [2.45, 2.75) is 38.4 Å². The number of aliphatic hydroxyl groups excluding tert-OH is 1. The Balaban J connectivity index is 2.53. The Morgan fingerprint density at radius 1 is 1.56 bits per heavy atom. The molecule has 0 radical (unpaired) electrons. The van der Waals surface area contributed by atoms with Crippen LogP contribution in [0.4, 0.5) is 0 Å². The first-order valence-corrected chi connectivity index (χ1v) is 6.20. The predicted octanol–water partition coefficient (Wildman–Crippen LogP) is -0.0621. The predicted molar refractivity (Wildman–Crippen MR) is 63.9 cm³/mol. The minimum atomic E-state index is -0.631. The van der Waals surface area contributed by atoms with E-state index in [4.69, 9.17) is 4.74 Å². The van der Waals surface area contributed by atoms with E-state index in [1.807, 2.05) is 0 Å². The number of carbonyl (C=O) groups is 2. The first-order valence-electron chi connectivity index (χ1n) is 6.20. The Bertz CT molecular complexity index is 286. The lowest BCUT2D eigenvalue weighted by molar-refractivity contribution is -0.145. The Labute approximate surface area is 107 Å². The fourth-order valence-electron chi connectivity index (χ4n) is 1.91. The molecule has 2 atom stereocenters. The van der Waals surface area contributed by atoms with Crippen molar-refractivity contribution in [1.29, 1.82) is 0 Å². The minimum absolute atomic E-state index is 0.127. The molecule has 0 aliphatic carbocycles. The first-order chi connectivity index (χ1) is 8.54. The van der Waals surface area contributed by atoms with Gasteiger partial charge in [-0.2, -0.15) is 0 Å². The van der Waals surface area contributed by atoms with Crippen LogP contribution in [0.1, 0.15) is 26.2 Å². The van der Waals surface area contributed by atoms with E-state index < -0.39 is 12.2 Å². The lowest BCUT2D eigenvalue weighted by atomic mass is 10.2. The van der Waals surface area contributed by atoms with E-state index in [0.717, 1.165) is 6.42 Å². The lowest BCUT2D eigenvalue weighted by Crippen LogP contribution is -2.43. The van der Waals surface area contributed by atoms with Crippen LogP contribution in [0.3, 0.4) is 0 Å². The highest BCUT2D eigenvalue weighted by atomic mass is 16.5. The Morgan fingerprint density at radius 3 is 2.78 bits per heavy atom. The molecular formula is C12H21NO5. The van der Waals surface area contributed by atoms with Crippen LogP contribution in [0.15, 0.2) is 0 Å². The van der Waals surface area contributed by atoms with Crippen LogP contribution in [0, 0.1) is 0 Å². The topological polar surface area (TPSA) is 76.1 Å². The number of esters is 1. The highest BCUT2D eigenvalue weighted by Crippen LogP contribution is 2.15. The molecule has 1 aliphatic rings. The van der Waals surface area contributed by atoms with Gasteiger partial charge in [-0.05, 0) is 19.8 Å². The summed E-state index contributed by atoms with van der Waals surface area (Å²) in [6.07, 6.45) is 0.639. The molecule has 1 fully saturated rings. The lowest BCUT2D eigenvalue weighted by Gasteiger charge is -2.26. The Morgan fingerprint density at radius 2 is 2.28 bits per heavy atom. The van der Waals surface area contributed by atoms with Crippen molar-refractivity contribution in [2.24, 2.45) is 0 Å². The summed E-state index contributed by atoms with van der Waals surface area (Å²) >= 11 is 0. The van der Waals surface area contributed by atoms with Gasteiger partial charge >= 0.3 is 5.97 Å². The van der Waals surface area contributed by atoms with Gasteiger partial charge in [0, 0.05) is 19.7 Å². The molecule has 0 saturated carbocycles. The van der Waals surface area contributed by atoms with Gasteiger partial charge in [-0.15, -0.1) is 0 Å². The molecule has 1 N–H and O–H groups in total. The first kappa shape index (κ1) is 14.9. The van der Waals surface area contributed by atoms with Crippen molar-refractivity contribution in [2.75, 3.05) is 26.8 Å². The Hall–Kier alpha value is -1.14. The molecule has 0 aromatic heterocycles. The van der Waals surface area contributed by atoms with Gasteiger partial charge in [-0.1, -0.05) is 0 Å². The maximum atomic E-state index is 12.1. The van der Waals surface area contributed by atoms with Crippen molar-refractivity contribution in [3.8, 4) is 0 Å². The molecule has 0 spiro atoms. The maximum absolute atomic E-state index is 12.1. The van der Waals surface area contributed by atoms with Gasteiger partial charge in [0.15, 0.2) is 0 Å². The SMILES string of the molecule is COC(=O)CCN(CC(C)O)C(=O)C1CCCO1. The second-order valence-corrected chi connectivity index (χ2v) is 4.46. The van der Waals surface area contributed by atoms with E-state index in [1.165, 1.54) is 12.0 Å². The number of carbonyl (C=O) groups excluding carboxylic acids is 2. The van der Waals surface area contributed by atoms with Gasteiger partial charge in [0.05, 0.1) is 19.6 Å². The second-order valence-electron chi connectivity index (χ2n) is 4.46. The largest absolute Gasteiger partial charge is 0.469 e. The molecule has 1 rings (SSSR count). The van der Waals surface area contributed by atoms with Crippen LogP contribution in [0.5, 0.6) is 0 Å². The molecule has 6 nitrogen and oxygen atoms in total. The van der Waals surface area contributed by atoms with E-state index in [1.54, 1.807) is 6.92 Å². The number of hydrogen-bond acceptors (Lipinski definition) is 5. The smallest absolute Gasteiger partial charge is 0.307 e. The molecular weight excluding hydrogens is 238 g/mol. The van der Waals surface area contributed by atoms with Gasteiger partial charge in [-0.25, -0.2) is 0 Å². The summed E-state index contributed by atoms with van der Waals surface area (Å²) in [6, 6.07) is 0. The number of ether oxygens (including phenoxy) is 2. The van der Waals surface area contributed by atoms with Gasteiger partial charge in [0.25, 0.3) is 5.91 Å². The van der Waals surface area contributed by atoms with Crippen LogP contribution < -0.4 is 0 Å². The fourth-order valence-corrected chi connectivity index (χ4v) is 1.91. The highest BCUT2D eigenvalue weighted by Gasteiger charge is 2.28. The third kappa shape index (κ3) is 4.62. The van der Waals surface area contributed by atoms with Crippen LogP contribution in [-0.2, 0) is 19.1 Å². The summed E-state index contributed by atoms with van der Waals surface area (Å²) in [5.74, 6) is -0.525. The molecule has 2 unspecified atom stereocenters. The maximum Gasteiger partial charge on any atom is 0.307 e. The molecule has 0 aromatic carbocycles. The van der Waals surface area contributed by atoms with Crippen molar-refractivity contribution >= 4 is 11.9 Å². The number of rotatable bonds is 6. The van der Waals surface area contributed by atoms with E-state index >= 15 is 0 Å². The second kappa shape index (κ2) is 7.33. The summed E-state index contributed by atoms with van der Waals surface area (Å²) in [4.78, 5) is 24.7. The highest BCUT2D eigenvalue weighted by molar-refractivity contribution is 5.81. The summed E-state index contributed by atoms with van der Waals surface area (Å²) in [5, 5.41) is 9.39. The van der Waals surface area contributed by atoms with E-state index in [-0.39, 0.29) is 31.4 Å². The monoisotopic (exact) mass is 259 g/mol. The number of hydrogen-bond donors (Lipinski definition) is 1. The van der Waals surface area contributed by atoms with E-state index in [0.29, 0.717) is 13.0 Å². The van der Waals surface area contributed by atoms with Crippen molar-refractivity contribution < 1.29 is 24.2 Å². The molecule has 104 valence electrons. The van der Waals surface area contributed by atoms with Crippen LogP contribution in [0.2, 0.25) is 0 Å². The molecule has 18 heavy (non-hydrogen) atoms. The third-order valence-electron chi connectivity index (χ3n) is 2.81. The van der Waals surface area contributed by atoms with Crippen molar-refractivity contribution in [3.63, 3.8) is 0 Å². The van der Waals surface area contributed by atoms with E-state index in [2.05, 4.69) is 4.74 Å². The van der Waals surface area contributed by atoms with Crippen LogP contribution in [0.25, 0.3) is 0 Å². The minimum Gasteiger partial charge on any atom is -0.469 e. The van der Waals surface area contributed by atoms with Gasteiger partial charge in [0.2, 0.25) is 0 Å². The van der Waals surface area contributed by atoms with Crippen LogP contribution in [-0.4, -0.2) is 60.9 Å².